The first kappa shape index (κ1) is 21.7. The molecule has 2 fully saturated rings. The van der Waals surface area contributed by atoms with Crippen LogP contribution in [0.15, 0.2) is 58.6 Å². The molecule has 0 saturated carbocycles. The van der Waals surface area contributed by atoms with Crippen LogP contribution in [0.4, 0.5) is 4.39 Å². The van der Waals surface area contributed by atoms with Crippen LogP contribution in [-0.2, 0) is 14.3 Å². The van der Waals surface area contributed by atoms with Crippen molar-refractivity contribution in [3.63, 3.8) is 0 Å². The fraction of sp³-hybridized carbons (Fsp3) is 0.304. The number of Topliss-reactive ketones (excluding diaryl/α,β-unsaturated/α-hetero) is 1. The molecule has 2 heterocycles. The Bertz CT molecular complexity index is 1020. The number of carbonyl (C=O) groups excluding carboxylic acids is 2. The highest BCUT2D eigenvalue weighted by molar-refractivity contribution is 9.10. The van der Waals surface area contributed by atoms with Gasteiger partial charge in [0, 0.05) is 41.8 Å². The van der Waals surface area contributed by atoms with E-state index in [1.54, 1.807) is 42.5 Å². The molecule has 2 saturated heterocycles. The standard InChI is InChI=1S/C23H22BrFN2O4/c24-16-7-5-15(6-8-16)21(28)19-20(17-3-1-2-4-18(17)25)27(23(30)22(19)29)10-9-26-11-13-31-14-12-26/h1-8,20,28H,9-14H2/b21-19-. The summed E-state index contributed by atoms with van der Waals surface area (Å²) in [5, 5.41) is 11.0. The van der Waals surface area contributed by atoms with Gasteiger partial charge in [-0.1, -0.05) is 46.3 Å². The number of likely N-dealkylation sites (tertiary alicyclic amines) is 1. The zero-order valence-corrected chi connectivity index (χ0v) is 18.3. The van der Waals surface area contributed by atoms with Crippen LogP contribution < -0.4 is 0 Å². The Morgan fingerprint density at radius 2 is 1.74 bits per heavy atom. The fourth-order valence-corrected chi connectivity index (χ4v) is 4.23. The van der Waals surface area contributed by atoms with Crippen LogP contribution in [0, 0.1) is 5.82 Å². The van der Waals surface area contributed by atoms with Gasteiger partial charge in [-0.3, -0.25) is 14.5 Å². The van der Waals surface area contributed by atoms with Crippen molar-refractivity contribution in [3.8, 4) is 0 Å². The predicted molar refractivity (Wildman–Crippen MR) is 117 cm³/mol. The summed E-state index contributed by atoms with van der Waals surface area (Å²) >= 11 is 3.34. The van der Waals surface area contributed by atoms with Gasteiger partial charge in [0.05, 0.1) is 24.8 Å². The molecule has 0 spiro atoms. The van der Waals surface area contributed by atoms with Gasteiger partial charge in [-0.05, 0) is 18.2 Å². The second-order valence-corrected chi connectivity index (χ2v) is 8.39. The molecule has 1 amide bonds. The summed E-state index contributed by atoms with van der Waals surface area (Å²) in [5.74, 6) is -2.39. The average Bonchev–Trinajstić information content (AvgIpc) is 3.03. The van der Waals surface area contributed by atoms with Crippen LogP contribution >= 0.6 is 15.9 Å². The minimum Gasteiger partial charge on any atom is -0.507 e. The molecule has 6 nitrogen and oxygen atoms in total. The summed E-state index contributed by atoms with van der Waals surface area (Å²) < 4.78 is 20.9. The lowest BCUT2D eigenvalue weighted by Crippen LogP contribution is -2.42. The van der Waals surface area contributed by atoms with Gasteiger partial charge in [-0.15, -0.1) is 0 Å². The Balaban J connectivity index is 1.75. The number of aliphatic hydroxyl groups excluding tert-OH is 1. The summed E-state index contributed by atoms with van der Waals surface area (Å²) in [7, 11) is 0. The highest BCUT2D eigenvalue weighted by Gasteiger charge is 2.46. The number of ether oxygens (including phenoxy) is 1. The Morgan fingerprint density at radius 3 is 2.42 bits per heavy atom. The Labute approximate surface area is 188 Å². The maximum Gasteiger partial charge on any atom is 0.295 e. The van der Waals surface area contributed by atoms with Gasteiger partial charge in [-0.2, -0.15) is 0 Å². The van der Waals surface area contributed by atoms with Crippen molar-refractivity contribution in [2.75, 3.05) is 39.4 Å². The average molecular weight is 489 g/mol. The molecule has 0 aliphatic carbocycles. The third-order valence-electron chi connectivity index (χ3n) is 5.62. The maximum atomic E-state index is 14.8. The molecule has 1 unspecified atom stereocenters. The lowest BCUT2D eigenvalue weighted by molar-refractivity contribution is -0.140. The summed E-state index contributed by atoms with van der Waals surface area (Å²) in [6.45, 7) is 3.44. The quantitative estimate of drug-likeness (QED) is 0.397. The smallest absolute Gasteiger partial charge is 0.295 e. The minimum absolute atomic E-state index is 0.0978. The van der Waals surface area contributed by atoms with Gasteiger partial charge in [0.2, 0.25) is 0 Å². The molecular formula is C23H22BrFN2O4. The number of amides is 1. The van der Waals surface area contributed by atoms with E-state index in [2.05, 4.69) is 20.8 Å². The number of hydrogen-bond donors (Lipinski definition) is 1. The second-order valence-electron chi connectivity index (χ2n) is 7.47. The Morgan fingerprint density at radius 1 is 1.06 bits per heavy atom. The van der Waals surface area contributed by atoms with Crippen LogP contribution in [0.2, 0.25) is 0 Å². The largest absolute Gasteiger partial charge is 0.507 e. The first-order chi connectivity index (χ1) is 15.0. The van der Waals surface area contributed by atoms with E-state index in [4.69, 9.17) is 4.74 Å². The summed E-state index contributed by atoms with van der Waals surface area (Å²) in [4.78, 5) is 29.4. The number of morpholine rings is 1. The maximum absolute atomic E-state index is 14.8. The normalized spacial score (nSPS) is 21.6. The highest BCUT2D eigenvalue weighted by atomic mass is 79.9. The molecule has 0 bridgehead atoms. The van der Waals surface area contributed by atoms with Crippen LogP contribution in [0.25, 0.3) is 5.76 Å². The SMILES string of the molecule is O=C1C(=O)N(CCN2CCOCC2)C(c2ccccc2F)/C1=C(/O)c1ccc(Br)cc1. The lowest BCUT2D eigenvalue weighted by Gasteiger charge is -2.31. The van der Waals surface area contributed by atoms with Gasteiger partial charge < -0.3 is 14.7 Å². The Hall–Kier alpha value is -2.55. The van der Waals surface area contributed by atoms with Crippen molar-refractivity contribution >= 4 is 33.4 Å². The van der Waals surface area contributed by atoms with Crippen molar-refractivity contribution < 1.29 is 23.8 Å². The molecule has 4 rings (SSSR count). The number of aliphatic hydroxyl groups is 1. The van der Waals surface area contributed by atoms with Gasteiger partial charge in [-0.25, -0.2) is 4.39 Å². The molecule has 31 heavy (non-hydrogen) atoms. The minimum atomic E-state index is -0.995. The van der Waals surface area contributed by atoms with Crippen molar-refractivity contribution in [2.24, 2.45) is 0 Å². The van der Waals surface area contributed by atoms with Crippen LogP contribution in [0.1, 0.15) is 17.2 Å². The lowest BCUT2D eigenvalue weighted by atomic mass is 9.95. The summed E-state index contributed by atoms with van der Waals surface area (Å²) in [6, 6.07) is 11.8. The summed E-state index contributed by atoms with van der Waals surface area (Å²) in [5.41, 5.74) is 0.470. The van der Waals surface area contributed by atoms with Crippen molar-refractivity contribution in [2.45, 2.75) is 6.04 Å². The highest BCUT2D eigenvalue weighted by Crippen LogP contribution is 2.40. The molecule has 0 radical (unpaired) electrons. The molecular weight excluding hydrogens is 467 g/mol. The van der Waals surface area contributed by atoms with Crippen molar-refractivity contribution in [3.05, 3.63) is 75.5 Å². The molecule has 1 N–H and O–H groups in total. The molecule has 8 heteroatoms. The Kier molecular flexibility index (Phi) is 6.50. The monoisotopic (exact) mass is 488 g/mol. The molecule has 1 atom stereocenters. The number of halogens is 2. The van der Waals surface area contributed by atoms with Gasteiger partial charge >= 0.3 is 0 Å². The molecule has 2 aromatic carbocycles. The predicted octanol–water partition coefficient (Wildman–Crippen LogP) is 3.34. The van der Waals surface area contributed by atoms with Crippen LogP contribution in [-0.4, -0.2) is 66.0 Å². The first-order valence-corrected chi connectivity index (χ1v) is 10.9. The van der Waals surface area contributed by atoms with Gasteiger partial charge in [0.15, 0.2) is 0 Å². The molecule has 2 aromatic rings. The molecule has 0 aromatic heterocycles. The van der Waals surface area contributed by atoms with E-state index in [0.717, 1.165) is 17.6 Å². The number of carbonyl (C=O) groups is 2. The van der Waals surface area contributed by atoms with E-state index in [9.17, 15) is 19.1 Å². The summed E-state index contributed by atoms with van der Waals surface area (Å²) in [6.07, 6.45) is 0. The molecule has 2 aliphatic heterocycles. The number of hydrogen-bond acceptors (Lipinski definition) is 5. The van der Waals surface area contributed by atoms with Crippen molar-refractivity contribution in [1.82, 2.24) is 9.80 Å². The second kappa shape index (κ2) is 9.30. The number of ketones is 1. The zero-order valence-electron chi connectivity index (χ0n) is 16.8. The fourth-order valence-electron chi connectivity index (χ4n) is 3.97. The number of benzene rings is 2. The number of nitrogens with zero attached hydrogens (tertiary/aromatic N) is 2. The first-order valence-electron chi connectivity index (χ1n) is 10.1. The van der Waals surface area contributed by atoms with Crippen LogP contribution in [0.5, 0.6) is 0 Å². The third kappa shape index (κ3) is 4.42. The third-order valence-corrected chi connectivity index (χ3v) is 6.15. The van der Waals surface area contributed by atoms with E-state index in [1.807, 2.05) is 0 Å². The zero-order chi connectivity index (χ0) is 22.0. The van der Waals surface area contributed by atoms with Gasteiger partial charge in [0.25, 0.3) is 11.7 Å². The van der Waals surface area contributed by atoms with Crippen molar-refractivity contribution in [1.29, 1.82) is 0 Å². The molecule has 162 valence electrons. The molecule has 2 aliphatic rings. The van der Waals surface area contributed by atoms with E-state index in [1.165, 1.54) is 11.0 Å². The van der Waals surface area contributed by atoms with Gasteiger partial charge in [0.1, 0.15) is 11.6 Å². The topological polar surface area (TPSA) is 70.1 Å². The van der Waals surface area contributed by atoms with Crippen LogP contribution in [0.3, 0.4) is 0 Å². The van der Waals surface area contributed by atoms with E-state index in [-0.39, 0.29) is 23.4 Å². The van der Waals surface area contributed by atoms with E-state index >= 15 is 0 Å². The van der Waals surface area contributed by atoms with E-state index < -0.39 is 23.5 Å². The number of rotatable bonds is 5. The van der Waals surface area contributed by atoms with E-state index in [0.29, 0.717) is 25.3 Å².